The molecule has 0 aliphatic carbocycles. The highest BCUT2D eigenvalue weighted by molar-refractivity contribution is 5.99. The topological polar surface area (TPSA) is 92.4 Å². The van der Waals surface area contributed by atoms with Crippen LogP contribution in [0.4, 0.5) is 5.69 Å². The number of aliphatic carboxylic acids is 1. The average molecular weight is 250 g/mol. The summed E-state index contributed by atoms with van der Waals surface area (Å²) in [7, 11) is 0. The number of nitrogen functional groups attached to an aromatic ring is 1. The quantitative estimate of drug-likeness (QED) is 0.707. The first-order valence-electron chi connectivity index (χ1n) is 5.62. The molecular weight excluding hydrogens is 232 g/mol. The van der Waals surface area contributed by atoms with Crippen molar-refractivity contribution in [1.82, 2.24) is 5.32 Å². The third-order valence-corrected chi connectivity index (χ3v) is 2.50. The van der Waals surface area contributed by atoms with Crippen molar-refractivity contribution < 1.29 is 14.7 Å². The number of rotatable bonds is 4. The van der Waals surface area contributed by atoms with E-state index in [4.69, 9.17) is 10.8 Å². The minimum atomic E-state index is -0.961. The van der Waals surface area contributed by atoms with Gasteiger partial charge in [-0.3, -0.25) is 9.59 Å². The summed E-state index contributed by atoms with van der Waals surface area (Å²) >= 11 is 0. The van der Waals surface area contributed by atoms with Gasteiger partial charge in [-0.15, -0.1) is 0 Å². The van der Waals surface area contributed by atoms with Crippen molar-refractivity contribution in [3.8, 4) is 0 Å². The summed E-state index contributed by atoms with van der Waals surface area (Å²) in [6.07, 6.45) is -0.148. The van der Waals surface area contributed by atoms with E-state index in [1.54, 1.807) is 26.0 Å². The van der Waals surface area contributed by atoms with Crippen LogP contribution in [0.25, 0.3) is 0 Å². The Morgan fingerprint density at radius 1 is 1.39 bits per heavy atom. The van der Waals surface area contributed by atoms with Gasteiger partial charge in [0.25, 0.3) is 5.91 Å². The lowest BCUT2D eigenvalue weighted by Crippen LogP contribution is -2.45. The van der Waals surface area contributed by atoms with Gasteiger partial charge in [0.1, 0.15) is 0 Å². The van der Waals surface area contributed by atoms with E-state index in [9.17, 15) is 9.59 Å². The molecule has 0 aromatic heterocycles. The largest absolute Gasteiger partial charge is 0.481 e. The molecule has 5 nitrogen and oxygen atoms in total. The van der Waals surface area contributed by atoms with Gasteiger partial charge in [-0.05, 0) is 32.9 Å². The number of benzene rings is 1. The Labute approximate surface area is 106 Å². The summed E-state index contributed by atoms with van der Waals surface area (Å²) < 4.78 is 0. The van der Waals surface area contributed by atoms with Gasteiger partial charge in [-0.1, -0.05) is 11.6 Å². The zero-order chi connectivity index (χ0) is 13.9. The lowest BCUT2D eigenvalue weighted by Gasteiger charge is -2.24. The van der Waals surface area contributed by atoms with E-state index in [1.807, 2.05) is 13.0 Å². The maximum atomic E-state index is 12.0. The van der Waals surface area contributed by atoms with E-state index in [2.05, 4.69) is 5.32 Å². The molecule has 5 heteroatoms. The first kappa shape index (κ1) is 14.0. The minimum Gasteiger partial charge on any atom is -0.481 e. The molecule has 0 aliphatic heterocycles. The molecule has 0 heterocycles. The normalized spacial score (nSPS) is 11.1. The molecule has 98 valence electrons. The highest BCUT2D eigenvalue weighted by Gasteiger charge is 2.25. The maximum absolute atomic E-state index is 12.0. The Kier molecular flexibility index (Phi) is 3.96. The lowest BCUT2D eigenvalue weighted by molar-refractivity contribution is -0.138. The van der Waals surface area contributed by atoms with Gasteiger partial charge in [0.05, 0.1) is 12.0 Å². The number of amides is 1. The average Bonchev–Trinajstić information content (AvgIpc) is 2.18. The molecule has 0 fully saturated rings. The molecule has 1 rings (SSSR count). The van der Waals surface area contributed by atoms with Crippen LogP contribution in [0.1, 0.15) is 36.2 Å². The molecule has 18 heavy (non-hydrogen) atoms. The summed E-state index contributed by atoms with van der Waals surface area (Å²) in [5, 5.41) is 11.4. The monoisotopic (exact) mass is 250 g/mol. The second kappa shape index (κ2) is 5.08. The summed E-state index contributed by atoms with van der Waals surface area (Å²) in [6, 6.07) is 5.16. The van der Waals surface area contributed by atoms with Crippen LogP contribution in [0.5, 0.6) is 0 Å². The van der Waals surface area contributed by atoms with Crippen molar-refractivity contribution in [2.45, 2.75) is 32.7 Å². The fourth-order valence-electron chi connectivity index (χ4n) is 1.66. The molecule has 0 spiro atoms. The zero-order valence-electron chi connectivity index (χ0n) is 10.8. The Balaban J connectivity index is 2.88. The van der Waals surface area contributed by atoms with Crippen LogP contribution >= 0.6 is 0 Å². The second-order valence-corrected chi connectivity index (χ2v) is 5.00. The van der Waals surface area contributed by atoms with Crippen molar-refractivity contribution in [3.05, 3.63) is 29.3 Å². The number of aryl methyl sites for hydroxylation is 1. The third kappa shape index (κ3) is 3.76. The standard InChI is InChI=1S/C13H18N2O3/c1-8-4-5-10(14)9(6-8)12(18)15-13(2,3)7-11(16)17/h4-6H,7,14H2,1-3H3,(H,15,18)(H,16,17). The molecule has 1 aromatic carbocycles. The number of carboxylic acid groups (broad SMARTS) is 1. The predicted octanol–water partition coefficient (Wildman–Crippen LogP) is 1.56. The van der Waals surface area contributed by atoms with Crippen molar-refractivity contribution in [2.24, 2.45) is 0 Å². The van der Waals surface area contributed by atoms with E-state index in [1.165, 1.54) is 0 Å². The first-order valence-corrected chi connectivity index (χ1v) is 5.62. The maximum Gasteiger partial charge on any atom is 0.305 e. The molecule has 1 amide bonds. The summed E-state index contributed by atoms with van der Waals surface area (Å²) in [5.74, 6) is -1.32. The van der Waals surface area contributed by atoms with E-state index < -0.39 is 11.5 Å². The molecular formula is C13H18N2O3. The fraction of sp³-hybridized carbons (Fsp3) is 0.385. The van der Waals surface area contributed by atoms with Gasteiger partial charge in [0, 0.05) is 11.2 Å². The van der Waals surface area contributed by atoms with E-state index in [0.717, 1.165) is 5.56 Å². The first-order chi connectivity index (χ1) is 8.21. The fourth-order valence-corrected chi connectivity index (χ4v) is 1.66. The Bertz CT molecular complexity index is 481. The van der Waals surface area contributed by atoms with Crippen LogP contribution in [0, 0.1) is 6.92 Å². The Morgan fingerprint density at radius 2 is 2.00 bits per heavy atom. The summed E-state index contributed by atoms with van der Waals surface area (Å²) in [4.78, 5) is 22.7. The number of carboxylic acids is 1. The number of hydrogen-bond donors (Lipinski definition) is 3. The third-order valence-electron chi connectivity index (χ3n) is 2.50. The minimum absolute atomic E-state index is 0.148. The second-order valence-electron chi connectivity index (χ2n) is 5.00. The number of anilines is 1. The molecule has 0 radical (unpaired) electrons. The van der Waals surface area contributed by atoms with Gasteiger partial charge in [0.15, 0.2) is 0 Å². The van der Waals surface area contributed by atoms with Crippen LogP contribution in [0.2, 0.25) is 0 Å². The van der Waals surface area contributed by atoms with Gasteiger partial charge in [-0.2, -0.15) is 0 Å². The van der Waals surface area contributed by atoms with Crippen LogP contribution in [-0.2, 0) is 4.79 Å². The van der Waals surface area contributed by atoms with Crippen LogP contribution in [0.3, 0.4) is 0 Å². The number of nitrogens with one attached hydrogen (secondary N) is 1. The van der Waals surface area contributed by atoms with Crippen LogP contribution < -0.4 is 11.1 Å². The highest BCUT2D eigenvalue weighted by atomic mass is 16.4. The molecule has 1 aromatic rings. The van der Waals surface area contributed by atoms with Crippen molar-refractivity contribution in [1.29, 1.82) is 0 Å². The van der Waals surface area contributed by atoms with Crippen molar-refractivity contribution in [3.63, 3.8) is 0 Å². The number of carbonyl (C=O) groups is 2. The molecule has 4 N–H and O–H groups in total. The van der Waals surface area contributed by atoms with Crippen LogP contribution in [-0.4, -0.2) is 22.5 Å². The van der Waals surface area contributed by atoms with E-state index in [0.29, 0.717) is 11.3 Å². The highest BCUT2D eigenvalue weighted by Crippen LogP contribution is 2.16. The molecule has 0 bridgehead atoms. The Morgan fingerprint density at radius 3 is 2.56 bits per heavy atom. The van der Waals surface area contributed by atoms with Crippen molar-refractivity contribution >= 4 is 17.6 Å². The van der Waals surface area contributed by atoms with Gasteiger partial charge in [-0.25, -0.2) is 0 Å². The van der Waals surface area contributed by atoms with Gasteiger partial charge >= 0.3 is 5.97 Å². The number of hydrogen-bond acceptors (Lipinski definition) is 3. The molecule has 0 atom stereocenters. The SMILES string of the molecule is Cc1ccc(N)c(C(=O)NC(C)(C)CC(=O)O)c1. The summed E-state index contributed by atoms with van der Waals surface area (Å²) in [6.45, 7) is 5.18. The Hall–Kier alpha value is -2.04. The summed E-state index contributed by atoms with van der Waals surface area (Å²) in [5.41, 5.74) is 6.58. The van der Waals surface area contributed by atoms with Gasteiger partial charge < -0.3 is 16.2 Å². The van der Waals surface area contributed by atoms with Gasteiger partial charge in [0.2, 0.25) is 0 Å². The molecule has 0 aliphatic rings. The smallest absolute Gasteiger partial charge is 0.305 e. The van der Waals surface area contributed by atoms with E-state index in [-0.39, 0.29) is 12.3 Å². The molecule has 0 saturated carbocycles. The van der Waals surface area contributed by atoms with Crippen LogP contribution in [0.15, 0.2) is 18.2 Å². The lowest BCUT2D eigenvalue weighted by atomic mass is 9.99. The van der Waals surface area contributed by atoms with E-state index >= 15 is 0 Å². The number of carbonyl (C=O) groups excluding carboxylic acids is 1. The molecule has 0 saturated heterocycles. The predicted molar refractivity (Wildman–Crippen MR) is 69.4 cm³/mol. The number of nitrogens with two attached hydrogens (primary N) is 1. The zero-order valence-corrected chi connectivity index (χ0v) is 10.8. The molecule has 0 unspecified atom stereocenters. The van der Waals surface area contributed by atoms with Crippen molar-refractivity contribution in [2.75, 3.05) is 5.73 Å².